The van der Waals surface area contributed by atoms with Crippen LogP contribution in [0, 0.1) is 6.92 Å². The van der Waals surface area contributed by atoms with E-state index in [9.17, 15) is 0 Å². The van der Waals surface area contributed by atoms with Gasteiger partial charge >= 0.3 is 0 Å². The van der Waals surface area contributed by atoms with Crippen LogP contribution < -0.4 is 19.7 Å². The Bertz CT molecular complexity index is 1080. The van der Waals surface area contributed by atoms with E-state index < -0.39 is 0 Å². The van der Waals surface area contributed by atoms with Crippen molar-refractivity contribution in [2.75, 3.05) is 24.4 Å². The largest absolute Gasteiger partial charge is 0.493 e. The second-order valence-corrected chi connectivity index (χ2v) is 7.66. The summed E-state index contributed by atoms with van der Waals surface area (Å²) in [6, 6.07) is 6.12. The van der Waals surface area contributed by atoms with Gasteiger partial charge in [-0.25, -0.2) is 4.98 Å². The van der Waals surface area contributed by atoms with Crippen LogP contribution in [0.1, 0.15) is 37.3 Å². The van der Waals surface area contributed by atoms with Gasteiger partial charge in [0.2, 0.25) is 5.95 Å². The molecule has 9 heteroatoms. The minimum absolute atomic E-state index is 0.471. The number of nitrogens with zero attached hydrogens (tertiary/aromatic N) is 6. The topological polar surface area (TPSA) is 90.2 Å². The van der Waals surface area contributed by atoms with Gasteiger partial charge in [0.25, 0.3) is 0 Å². The molecule has 30 heavy (non-hydrogen) atoms. The summed E-state index contributed by atoms with van der Waals surface area (Å²) >= 11 is 0. The Balaban J connectivity index is 1.52. The molecule has 1 N–H and O–H groups in total. The molecule has 1 saturated carbocycles. The quantitative estimate of drug-likeness (QED) is 0.688. The van der Waals surface area contributed by atoms with Crippen LogP contribution in [0.2, 0.25) is 0 Å². The molecule has 2 aromatic heterocycles. The van der Waals surface area contributed by atoms with Gasteiger partial charge in [-0.1, -0.05) is 12.8 Å². The average Bonchev–Trinajstić information content (AvgIpc) is 3.43. The molecular formula is C21H25N7O2. The maximum Gasteiger partial charge on any atom is 0.229 e. The van der Waals surface area contributed by atoms with Crippen molar-refractivity contribution >= 4 is 17.5 Å². The smallest absolute Gasteiger partial charge is 0.229 e. The van der Waals surface area contributed by atoms with Crippen LogP contribution in [0.4, 0.5) is 17.5 Å². The molecule has 3 aromatic rings. The summed E-state index contributed by atoms with van der Waals surface area (Å²) in [7, 11) is 3.24. The lowest BCUT2D eigenvalue weighted by Gasteiger charge is -2.35. The maximum absolute atomic E-state index is 5.40. The summed E-state index contributed by atoms with van der Waals surface area (Å²) in [4.78, 5) is 11.8. The molecule has 0 spiro atoms. The highest BCUT2D eigenvalue weighted by Gasteiger charge is 2.33. The number of ether oxygens (including phenoxy) is 2. The number of hydrogen-bond donors (Lipinski definition) is 1. The molecular weight excluding hydrogens is 382 g/mol. The Labute approximate surface area is 175 Å². The van der Waals surface area contributed by atoms with E-state index in [4.69, 9.17) is 14.5 Å². The van der Waals surface area contributed by atoms with Gasteiger partial charge < -0.3 is 19.7 Å². The van der Waals surface area contributed by atoms with Crippen molar-refractivity contribution in [2.45, 2.75) is 45.2 Å². The highest BCUT2D eigenvalue weighted by Crippen LogP contribution is 2.37. The molecule has 0 bridgehead atoms. The van der Waals surface area contributed by atoms with E-state index in [1.807, 2.05) is 31.3 Å². The van der Waals surface area contributed by atoms with Gasteiger partial charge in [-0.05, 0) is 31.9 Å². The first-order chi connectivity index (χ1) is 14.7. The molecule has 0 radical (unpaired) electrons. The molecule has 1 aromatic carbocycles. The minimum atomic E-state index is 0.471. The molecule has 0 atom stereocenters. The molecule has 1 aliphatic heterocycles. The van der Waals surface area contributed by atoms with E-state index in [1.165, 1.54) is 25.7 Å². The van der Waals surface area contributed by atoms with Crippen LogP contribution in [0.25, 0.3) is 5.69 Å². The third-order valence-corrected chi connectivity index (χ3v) is 5.87. The van der Waals surface area contributed by atoms with E-state index in [-0.39, 0.29) is 0 Å². The molecule has 9 nitrogen and oxygen atoms in total. The number of rotatable bonds is 5. The fourth-order valence-corrected chi connectivity index (χ4v) is 4.41. The molecule has 5 rings (SSSR count). The number of aromatic nitrogens is 5. The first kappa shape index (κ1) is 18.7. The lowest BCUT2D eigenvalue weighted by molar-refractivity contribution is 0.355. The highest BCUT2D eigenvalue weighted by atomic mass is 16.5. The van der Waals surface area contributed by atoms with E-state index in [1.54, 1.807) is 14.2 Å². The van der Waals surface area contributed by atoms with Gasteiger partial charge in [0.1, 0.15) is 11.5 Å². The summed E-state index contributed by atoms with van der Waals surface area (Å²) in [6.07, 6.45) is 6.71. The molecule has 3 heterocycles. The van der Waals surface area contributed by atoms with Gasteiger partial charge in [-0.15, -0.1) is 10.2 Å². The highest BCUT2D eigenvalue weighted by molar-refractivity contribution is 5.65. The van der Waals surface area contributed by atoms with E-state index in [2.05, 4.69) is 30.0 Å². The summed E-state index contributed by atoms with van der Waals surface area (Å²) < 4.78 is 12.8. The predicted molar refractivity (Wildman–Crippen MR) is 113 cm³/mol. The van der Waals surface area contributed by atoms with Gasteiger partial charge in [0.15, 0.2) is 23.1 Å². The van der Waals surface area contributed by atoms with Crippen molar-refractivity contribution in [2.24, 2.45) is 0 Å². The number of hydrogen-bond acceptors (Lipinski definition) is 8. The van der Waals surface area contributed by atoms with Gasteiger partial charge in [-0.2, -0.15) is 4.98 Å². The molecule has 0 amide bonds. The van der Waals surface area contributed by atoms with Crippen LogP contribution >= 0.6 is 0 Å². The Morgan fingerprint density at radius 2 is 1.87 bits per heavy atom. The zero-order chi connectivity index (χ0) is 20.7. The van der Waals surface area contributed by atoms with Crippen molar-refractivity contribution in [3.8, 4) is 17.2 Å². The van der Waals surface area contributed by atoms with Crippen molar-refractivity contribution in [3.63, 3.8) is 0 Å². The van der Waals surface area contributed by atoms with Crippen LogP contribution in [-0.4, -0.2) is 45.0 Å². The lowest BCUT2D eigenvalue weighted by atomic mass is 10.1. The van der Waals surface area contributed by atoms with Gasteiger partial charge in [-0.3, -0.25) is 4.57 Å². The molecule has 1 fully saturated rings. The maximum atomic E-state index is 5.40. The first-order valence-corrected chi connectivity index (χ1v) is 10.2. The van der Waals surface area contributed by atoms with Crippen LogP contribution in [0.3, 0.4) is 0 Å². The Hall–Kier alpha value is -3.36. The van der Waals surface area contributed by atoms with E-state index >= 15 is 0 Å². The normalized spacial score (nSPS) is 15.6. The summed E-state index contributed by atoms with van der Waals surface area (Å²) in [5.41, 5.74) is 1.76. The molecule has 2 aliphatic rings. The van der Waals surface area contributed by atoms with E-state index in [0.717, 1.165) is 28.8 Å². The van der Waals surface area contributed by atoms with E-state index in [0.29, 0.717) is 30.0 Å². The number of benzene rings is 1. The number of fused-ring (bicyclic) bond motifs is 3. The summed E-state index contributed by atoms with van der Waals surface area (Å²) in [6.45, 7) is 2.67. The van der Waals surface area contributed by atoms with Crippen LogP contribution in [0.5, 0.6) is 11.5 Å². The minimum Gasteiger partial charge on any atom is -0.493 e. The predicted octanol–water partition coefficient (Wildman–Crippen LogP) is 3.39. The van der Waals surface area contributed by atoms with Crippen LogP contribution in [-0.2, 0) is 6.54 Å². The zero-order valence-corrected chi connectivity index (χ0v) is 17.4. The molecule has 0 unspecified atom stereocenters. The van der Waals surface area contributed by atoms with Crippen molar-refractivity contribution in [1.29, 1.82) is 0 Å². The second kappa shape index (κ2) is 7.47. The van der Waals surface area contributed by atoms with Crippen molar-refractivity contribution in [1.82, 2.24) is 24.7 Å². The molecule has 1 aliphatic carbocycles. The second-order valence-electron chi connectivity index (χ2n) is 7.66. The fraction of sp³-hybridized carbons (Fsp3) is 0.429. The molecule has 156 valence electrons. The van der Waals surface area contributed by atoms with Gasteiger partial charge in [0.05, 0.1) is 27.0 Å². The third-order valence-electron chi connectivity index (χ3n) is 5.87. The number of methoxy groups -OCH3 is 2. The number of nitrogens with one attached hydrogen (secondary N) is 1. The Morgan fingerprint density at radius 1 is 1.07 bits per heavy atom. The van der Waals surface area contributed by atoms with Crippen molar-refractivity contribution in [3.05, 3.63) is 36.0 Å². The lowest BCUT2D eigenvalue weighted by Crippen LogP contribution is -2.38. The van der Waals surface area contributed by atoms with Gasteiger partial charge in [0, 0.05) is 17.8 Å². The average molecular weight is 407 g/mol. The Kier molecular flexibility index (Phi) is 4.65. The standard InChI is InChI=1S/C21H25N7O2/c1-13-25-26-19-12-27(15-6-4-5-7-15)20-16(28(13)19)11-22-21(24-20)23-14-8-9-17(29-2)18(10-14)30-3/h8-11,15H,4-7,12H2,1-3H3,(H,22,23,24). The summed E-state index contributed by atoms with van der Waals surface area (Å²) in [5, 5.41) is 11.9. The molecule has 0 saturated heterocycles. The fourth-order valence-electron chi connectivity index (χ4n) is 4.41. The SMILES string of the molecule is COc1ccc(Nc2ncc3c(n2)N(C2CCCC2)Cc2nnc(C)n2-3)cc1OC. The first-order valence-electron chi connectivity index (χ1n) is 10.2. The number of anilines is 3. The summed E-state index contributed by atoms with van der Waals surface area (Å²) in [5.74, 6) is 4.58. The monoisotopic (exact) mass is 407 g/mol. The zero-order valence-electron chi connectivity index (χ0n) is 17.4. The van der Waals surface area contributed by atoms with Crippen molar-refractivity contribution < 1.29 is 9.47 Å². The Morgan fingerprint density at radius 3 is 2.63 bits per heavy atom. The van der Waals surface area contributed by atoms with Crippen LogP contribution in [0.15, 0.2) is 24.4 Å². The number of aryl methyl sites for hydroxylation is 1. The third kappa shape index (κ3) is 3.10.